The van der Waals surface area contributed by atoms with E-state index in [0.29, 0.717) is 12.2 Å². The van der Waals surface area contributed by atoms with E-state index < -0.39 is 5.97 Å². The zero-order chi connectivity index (χ0) is 18.5. The van der Waals surface area contributed by atoms with E-state index in [1.807, 2.05) is 26.0 Å². The molecule has 1 amide bonds. The van der Waals surface area contributed by atoms with Crippen LogP contribution in [0.25, 0.3) is 0 Å². The molecule has 0 saturated heterocycles. The molecular weight excluding hydrogens is 332 g/mol. The number of hydrogen-bond acceptors (Lipinski definition) is 5. The number of nitrogens with zero attached hydrogens (tertiary/aromatic N) is 1. The van der Waals surface area contributed by atoms with Crippen LogP contribution in [0.3, 0.4) is 0 Å². The number of carbonyl (C=O) groups is 2. The van der Waals surface area contributed by atoms with E-state index in [9.17, 15) is 9.59 Å². The summed E-state index contributed by atoms with van der Waals surface area (Å²) < 4.78 is 10.2. The second-order valence-electron chi connectivity index (χ2n) is 6.67. The molecule has 0 radical (unpaired) electrons. The van der Waals surface area contributed by atoms with Crippen LogP contribution in [0.5, 0.6) is 0 Å². The Balaban J connectivity index is 1.45. The summed E-state index contributed by atoms with van der Waals surface area (Å²) >= 11 is 0. The van der Waals surface area contributed by atoms with Crippen LogP contribution in [0, 0.1) is 13.8 Å². The van der Waals surface area contributed by atoms with Gasteiger partial charge in [-0.05, 0) is 50.7 Å². The summed E-state index contributed by atoms with van der Waals surface area (Å²) in [6, 6.07) is 8.15. The van der Waals surface area contributed by atoms with Gasteiger partial charge in [-0.1, -0.05) is 29.4 Å². The SMILES string of the molecule is Cc1noc(C)c1CCC(=O)OCC(=O)N[C@H]1CCCc2ccccc21. The second kappa shape index (κ2) is 8.17. The van der Waals surface area contributed by atoms with Crippen molar-refractivity contribution < 1.29 is 18.8 Å². The number of carbonyl (C=O) groups excluding carboxylic acids is 2. The quantitative estimate of drug-likeness (QED) is 0.805. The minimum atomic E-state index is -0.399. The van der Waals surface area contributed by atoms with Crippen LogP contribution in [0.4, 0.5) is 0 Å². The van der Waals surface area contributed by atoms with E-state index in [4.69, 9.17) is 9.26 Å². The maximum Gasteiger partial charge on any atom is 0.306 e. The first-order chi connectivity index (χ1) is 12.5. The number of aryl methyl sites for hydroxylation is 3. The molecule has 1 aliphatic rings. The van der Waals surface area contributed by atoms with Crippen molar-refractivity contribution in [1.29, 1.82) is 0 Å². The zero-order valence-electron chi connectivity index (χ0n) is 15.2. The highest BCUT2D eigenvalue weighted by molar-refractivity contribution is 5.81. The number of esters is 1. The van der Waals surface area contributed by atoms with E-state index in [-0.39, 0.29) is 25.0 Å². The minimum absolute atomic E-state index is 0.00606. The Morgan fingerprint density at radius 1 is 1.31 bits per heavy atom. The molecule has 138 valence electrons. The maximum atomic E-state index is 12.2. The Bertz CT molecular complexity index is 777. The Labute approximate surface area is 152 Å². The molecule has 2 aromatic rings. The lowest BCUT2D eigenvalue weighted by molar-refractivity contribution is -0.148. The minimum Gasteiger partial charge on any atom is -0.456 e. The van der Waals surface area contributed by atoms with Crippen molar-refractivity contribution in [2.24, 2.45) is 0 Å². The number of nitrogens with one attached hydrogen (secondary N) is 1. The number of amides is 1. The third-order valence-corrected chi connectivity index (χ3v) is 4.83. The predicted octanol–water partition coefficient (Wildman–Crippen LogP) is 2.96. The number of aromatic nitrogens is 1. The Morgan fingerprint density at radius 3 is 2.88 bits per heavy atom. The van der Waals surface area contributed by atoms with Crippen molar-refractivity contribution in [2.45, 2.75) is 52.0 Å². The summed E-state index contributed by atoms with van der Waals surface area (Å²) in [6.45, 7) is 3.40. The lowest BCUT2D eigenvalue weighted by Crippen LogP contribution is -2.34. The normalized spacial score (nSPS) is 16.0. The first kappa shape index (κ1) is 18.2. The van der Waals surface area contributed by atoms with Crippen molar-refractivity contribution in [2.75, 3.05) is 6.61 Å². The second-order valence-corrected chi connectivity index (χ2v) is 6.67. The van der Waals surface area contributed by atoms with Crippen molar-refractivity contribution in [1.82, 2.24) is 10.5 Å². The molecule has 1 atom stereocenters. The fraction of sp³-hybridized carbons (Fsp3) is 0.450. The molecular formula is C20H24N2O4. The van der Waals surface area contributed by atoms with Crippen molar-refractivity contribution in [3.8, 4) is 0 Å². The summed E-state index contributed by atoms with van der Waals surface area (Å²) in [5, 5.41) is 6.84. The Morgan fingerprint density at radius 2 is 2.12 bits per heavy atom. The Hall–Kier alpha value is -2.63. The van der Waals surface area contributed by atoms with Gasteiger partial charge in [0.2, 0.25) is 0 Å². The van der Waals surface area contributed by atoms with E-state index in [1.54, 1.807) is 0 Å². The number of benzene rings is 1. The molecule has 3 rings (SSSR count). The molecule has 0 unspecified atom stereocenters. The highest BCUT2D eigenvalue weighted by Gasteiger charge is 2.21. The molecule has 26 heavy (non-hydrogen) atoms. The molecule has 1 aliphatic carbocycles. The maximum absolute atomic E-state index is 12.2. The zero-order valence-corrected chi connectivity index (χ0v) is 15.2. The van der Waals surface area contributed by atoms with Gasteiger partial charge in [0, 0.05) is 12.0 Å². The van der Waals surface area contributed by atoms with Gasteiger partial charge < -0.3 is 14.6 Å². The van der Waals surface area contributed by atoms with Gasteiger partial charge in [0.15, 0.2) is 6.61 Å². The van der Waals surface area contributed by atoms with Gasteiger partial charge in [0.25, 0.3) is 5.91 Å². The highest BCUT2D eigenvalue weighted by atomic mass is 16.5. The van der Waals surface area contributed by atoms with E-state index >= 15 is 0 Å². The summed E-state index contributed by atoms with van der Waals surface area (Å²) in [6.07, 6.45) is 3.68. The fourth-order valence-electron chi connectivity index (χ4n) is 3.44. The number of fused-ring (bicyclic) bond motifs is 1. The molecule has 1 aromatic carbocycles. The van der Waals surface area contributed by atoms with Crippen LogP contribution in [0.1, 0.15) is 53.4 Å². The molecule has 0 bridgehead atoms. The summed E-state index contributed by atoms with van der Waals surface area (Å²) in [7, 11) is 0. The van der Waals surface area contributed by atoms with Crippen LogP contribution in [0.15, 0.2) is 28.8 Å². The third-order valence-electron chi connectivity index (χ3n) is 4.83. The van der Waals surface area contributed by atoms with Crippen LogP contribution < -0.4 is 5.32 Å². The molecule has 1 N–H and O–H groups in total. The average Bonchev–Trinajstić information content (AvgIpc) is 2.96. The molecule has 6 heteroatoms. The highest BCUT2D eigenvalue weighted by Crippen LogP contribution is 2.29. The van der Waals surface area contributed by atoms with Gasteiger partial charge in [-0.25, -0.2) is 0 Å². The van der Waals surface area contributed by atoms with Gasteiger partial charge in [-0.3, -0.25) is 9.59 Å². The van der Waals surface area contributed by atoms with Crippen molar-refractivity contribution in [3.63, 3.8) is 0 Å². The van der Waals surface area contributed by atoms with Crippen molar-refractivity contribution in [3.05, 3.63) is 52.4 Å². The molecule has 0 spiro atoms. The lowest BCUT2D eigenvalue weighted by atomic mass is 9.88. The summed E-state index contributed by atoms with van der Waals surface area (Å²) in [5.41, 5.74) is 4.14. The largest absolute Gasteiger partial charge is 0.456 e. The van der Waals surface area contributed by atoms with Gasteiger partial charge in [0.1, 0.15) is 5.76 Å². The number of hydrogen-bond donors (Lipinski definition) is 1. The van der Waals surface area contributed by atoms with Crippen molar-refractivity contribution >= 4 is 11.9 Å². The van der Waals surface area contributed by atoms with E-state index in [1.165, 1.54) is 5.56 Å². The van der Waals surface area contributed by atoms with E-state index in [0.717, 1.165) is 36.1 Å². The summed E-state index contributed by atoms with van der Waals surface area (Å²) in [5.74, 6) is 0.0468. The number of rotatable bonds is 6. The monoisotopic (exact) mass is 356 g/mol. The average molecular weight is 356 g/mol. The van der Waals surface area contributed by atoms with Gasteiger partial charge in [-0.2, -0.15) is 0 Å². The molecule has 1 heterocycles. The smallest absolute Gasteiger partial charge is 0.306 e. The van der Waals surface area contributed by atoms with Gasteiger partial charge >= 0.3 is 5.97 Å². The standard InChI is InChI=1S/C20H24N2O4/c1-13-16(14(2)26-22-13)10-11-20(24)25-12-19(23)21-18-9-5-7-15-6-3-4-8-17(15)18/h3-4,6,8,18H,5,7,9-12H2,1-2H3,(H,21,23)/t18-/m0/s1. The topological polar surface area (TPSA) is 81.4 Å². The third kappa shape index (κ3) is 4.31. The summed E-state index contributed by atoms with van der Waals surface area (Å²) in [4.78, 5) is 24.1. The first-order valence-electron chi connectivity index (χ1n) is 8.99. The predicted molar refractivity (Wildman–Crippen MR) is 95.5 cm³/mol. The molecule has 0 fully saturated rings. The van der Waals surface area contributed by atoms with Crippen LogP contribution in [-0.2, 0) is 27.2 Å². The van der Waals surface area contributed by atoms with Crippen LogP contribution in [-0.4, -0.2) is 23.6 Å². The molecule has 6 nitrogen and oxygen atoms in total. The molecule has 0 aliphatic heterocycles. The fourth-order valence-corrected chi connectivity index (χ4v) is 3.44. The van der Waals surface area contributed by atoms with E-state index in [2.05, 4.69) is 22.6 Å². The molecule has 0 saturated carbocycles. The van der Waals surface area contributed by atoms with Crippen LogP contribution >= 0.6 is 0 Å². The van der Waals surface area contributed by atoms with Gasteiger partial charge in [0.05, 0.1) is 11.7 Å². The molecule has 1 aromatic heterocycles. The lowest BCUT2D eigenvalue weighted by Gasteiger charge is -2.26. The Kier molecular flexibility index (Phi) is 5.71. The van der Waals surface area contributed by atoms with Gasteiger partial charge in [-0.15, -0.1) is 0 Å². The van der Waals surface area contributed by atoms with Crippen LogP contribution in [0.2, 0.25) is 0 Å². The number of ether oxygens (including phenoxy) is 1. The first-order valence-corrected chi connectivity index (χ1v) is 8.99.